The second kappa shape index (κ2) is 47.7. The summed E-state index contributed by atoms with van der Waals surface area (Å²) in [5, 5.41) is 11.3. The molecule has 0 atom stereocenters. The first-order chi connectivity index (χ1) is 50.6. The second-order valence-electron chi connectivity index (χ2n) is 33.5. The van der Waals surface area contributed by atoms with Gasteiger partial charge < -0.3 is 33.6 Å². The molecule has 19 rings (SSSR count). The van der Waals surface area contributed by atoms with Gasteiger partial charge in [0.2, 0.25) is 0 Å². The highest BCUT2D eigenvalue weighted by Gasteiger charge is 2.43. The molecule has 8 fully saturated rings. The standard InChI is InChI=1S/4C8H7NO.C8H7NS.2C7H13N.C7H12.C6H11N.C6H6.5C4H10/c5*1-6-9-7-4-2-3-5-8(7)10-6;2*1-2-7(3-1)4-5-8-6-7;1-3-7(4-1)5-2-6-7;1-2-6(3-1)4-7-5-6;1-2-4-6-5-3-1;5*1-4(2)3/h5*2-5H,1H3;2*8H,1-6H2;1-6H2;7H,1-5H2;1-6H;5*4H,1-3H3. The zero-order chi connectivity index (χ0) is 77.4. The van der Waals surface area contributed by atoms with Gasteiger partial charge in [0.15, 0.2) is 45.9 Å². The summed E-state index contributed by atoms with van der Waals surface area (Å²) in [6.07, 6.45) is 25.7. The minimum absolute atomic E-state index is 0.723. The van der Waals surface area contributed by atoms with E-state index in [-0.39, 0.29) is 0 Å². The van der Waals surface area contributed by atoms with Crippen LogP contribution in [0.1, 0.15) is 242 Å². The summed E-state index contributed by atoms with van der Waals surface area (Å²) in [6, 6.07) is 51.1. The maximum Gasteiger partial charge on any atom is 0.192 e. The van der Waals surface area contributed by atoms with Gasteiger partial charge in [0.05, 0.1) is 15.2 Å². The number of hydrogen-bond donors (Lipinski definition) is 3. The molecule has 0 unspecified atom stereocenters. The number of fused-ring (bicyclic) bond motifs is 5. The van der Waals surface area contributed by atoms with Gasteiger partial charge in [-0.15, -0.1) is 11.3 Å². The Bertz CT molecular complexity index is 3280. The predicted molar refractivity (Wildman–Crippen MR) is 455 cm³/mol. The molecule has 5 aliphatic carbocycles. The van der Waals surface area contributed by atoms with E-state index in [2.05, 4.69) is 151 Å². The summed E-state index contributed by atoms with van der Waals surface area (Å²) >= 11 is 1.74. The lowest BCUT2D eigenvalue weighted by Crippen LogP contribution is -2.57. The topological polar surface area (TPSA) is 153 Å². The monoisotopic (exact) mass is 1470 g/mol. The van der Waals surface area contributed by atoms with Gasteiger partial charge in [0.25, 0.3) is 0 Å². The number of oxazole rings is 4. The van der Waals surface area contributed by atoms with E-state index < -0.39 is 0 Å². The number of nitrogens with zero attached hydrogens (tertiary/aromatic N) is 5. The highest BCUT2D eigenvalue weighted by Crippen LogP contribution is 2.55. The third kappa shape index (κ3) is 34.9. The van der Waals surface area contributed by atoms with Crippen LogP contribution in [0.25, 0.3) is 54.6 Å². The van der Waals surface area contributed by atoms with E-state index in [1.54, 1.807) is 37.0 Å². The van der Waals surface area contributed by atoms with Crippen molar-refractivity contribution in [2.45, 2.75) is 248 Å². The molecule has 12 nitrogen and oxygen atoms in total. The molecule has 582 valence electrons. The smallest absolute Gasteiger partial charge is 0.192 e. The van der Waals surface area contributed by atoms with Crippen LogP contribution >= 0.6 is 11.3 Å². The Labute approximate surface area is 645 Å². The Morgan fingerprint density at radius 2 is 0.509 bits per heavy atom. The Morgan fingerprint density at radius 3 is 0.679 bits per heavy atom. The molecule has 106 heavy (non-hydrogen) atoms. The first-order valence-corrected chi connectivity index (χ1v) is 41.2. The maximum atomic E-state index is 5.26. The molecule has 8 aliphatic rings. The third-order valence-corrected chi connectivity index (χ3v) is 19.4. The summed E-state index contributed by atoms with van der Waals surface area (Å²) in [7, 11) is 0. The predicted octanol–water partition coefficient (Wildman–Crippen LogP) is 26.5. The number of hydrogen-bond acceptors (Lipinski definition) is 13. The first kappa shape index (κ1) is 89.6. The molecule has 8 heterocycles. The van der Waals surface area contributed by atoms with Crippen molar-refractivity contribution in [1.82, 2.24) is 40.9 Å². The van der Waals surface area contributed by atoms with Crippen LogP contribution in [0, 0.1) is 85.9 Å². The fourth-order valence-corrected chi connectivity index (χ4v) is 13.3. The highest BCUT2D eigenvalue weighted by atomic mass is 32.1. The fourth-order valence-electron chi connectivity index (χ4n) is 12.5. The first-order valence-electron chi connectivity index (χ1n) is 40.4. The van der Waals surface area contributed by atoms with Gasteiger partial charge in [-0.25, -0.2) is 24.9 Å². The highest BCUT2D eigenvalue weighted by molar-refractivity contribution is 7.18. The van der Waals surface area contributed by atoms with Crippen LogP contribution in [-0.4, -0.2) is 64.2 Å². The van der Waals surface area contributed by atoms with Crippen molar-refractivity contribution in [1.29, 1.82) is 0 Å². The number of para-hydroxylation sites is 9. The molecule has 0 bridgehead atoms. The lowest BCUT2D eigenvalue weighted by Gasteiger charge is -2.49. The molecule has 5 aromatic heterocycles. The van der Waals surface area contributed by atoms with Gasteiger partial charge in [-0.1, -0.05) is 233 Å². The van der Waals surface area contributed by atoms with Gasteiger partial charge in [0, 0.05) is 53.9 Å². The Balaban J connectivity index is 0.000000206. The number of thiazole rings is 1. The van der Waals surface area contributed by atoms with Gasteiger partial charge in [-0.05, 0) is 209 Å². The van der Waals surface area contributed by atoms with Crippen LogP contribution in [-0.2, 0) is 0 Å². The van der Waals surface area contributed by atoms with Crippen molar-refractivity contribution < 1.29 is 17.7 Å². The summed E-state index contributed by atoms with van der Waals surface area (Å²) in [4.78, 5) is 20.9. The lowest BCUT2D eigenvalue weighted by molar-refractivity contribution is 0.0314. The van der Waals surface area contributed by atoms with Crippen LogP contribution in [0.2, 0.25) is 0 Å². The Kier molecular flexibility index (Phi) is 40.3. The summed E-state index contributed by atoms with van der Waals surface area (Å²) < 4.78 is 22.3. The van der Waals surface area contributed by atoms with Crippen LogP contribution in [0.3, 0.4) is 0 Å². The number of nitrogens with one attached hydrogen (secondary N) is 3. The molecule has 3 saturated heterocycles. The number of aryl methyl sites for hydroxylation is 5. The largest absolute Gasteiger partial charge is 0.441 e. The molecule has 13 heteroatoms. The van der Waals surface area contributed by atoms with E-state index in [1.807, 2.05) is 186 Å². The van der Waals surface area contributed by atoms with Crippen LogP contribution in [0.4, 0.5) is 0 Å². The molecule has 5 saturated carbocycles. The average molecular weight is 1470 g/mol. The minimum atomic E-state index is 0.723. The molecule has 0 amide bonds. The van der Waals surface area contributed by atoms with E-state index >= 15 is 0 Å². The van der Waals surface area contributed by atoms with E-state index in [4.69, 9.17) is 17.7 Å². The molecule has 11 aromatic rings. The molecule has 6 aromatic carbocycles. The van der Waals surface area contributed by atoms with Crippen LogP contribution < -0.4 is 16.0 Å². The van der Waals surface area contributed by atoms with Crippen molar-refractivity contribution >= 4 is 66.0 Å². The summed E-state index contributed by atoms with van der Waals surface area (Å²) in [5.74, 6) is 7.06. The van der Waals surface area contributed by atoms with E-state index in [0.29, 0.717) is 0 Å². The quantitative estimate of drug-likeness (QED) is 0.132. The molecule has 3 N–H and O–H groups in total. The maximum absolute atomic E-state index is 5.26. The molecule has 3 aliphatic heterocycles. The minimum Gasteiger partial charge on any atom is -0.441 e. The van der Waals surface area contributed by atoms with Gasteiger partial charge in [-0.3, -0.25) is 0 Å². The van der Waals surface area contributed by atoms with Crippen molar-refractivity contribution in [3.05, 3.63) is 186 Å². The van der Waals surface area contributed by atoms with Crippen molar-refractivity contribution in [3.63, 3.8) is 0 Å². The van der Waals surface area contributed by atoms with Gasteiger partial charge >= 0.3 is 0 Å². The molecular formula is C93H140N8O4S. The van der Waals surface area contributed by atoms with Crippen molar-refractivity contribution in [2.24, 2.45) is 51.2 Å². The summed E-state index contributed by atoms with van der Waals surface area (Å²) in [5.41, 5.74) is 11.7. The van der Waals surface area contributed by atoms with E-state index in [1.165, 1.54) is 127 Å². The fraction of sp³-hybridized carbons (Fsp3) is 0.559. The third-order valence-electron chi connectivity index (χ3n) is 18.4. The van der Waals surface area contributed by atoms with Crippen molar-refractivity contribution in [3.8, 4) is 0 Å². The zero-order valence-corrected chi connectivity index (χ0v) is 70.3. The van der Waals surface area contributed by atoms with Crippen molar-refractivity contribution in [2.75, 3.05) is 39.3 Å². The Morgan fingerprint density at radius 1 is 0.274 bits per heavy atom. The molecule has 0 radical (unpaired) electrons. The van der Waals surface area contributed by atoms with Crippen LogP contribution in [0.15, 0.2) is 175 Å². The second-order valence-corrected chi connectivity index (χ2v) is 34.8. The molecular weight excluding hydrogens is 1330 g/mol. The lowest BCUT2D eigenvalue weighted by atomic mass is 9.56. The normalized spacial score (nSPS) is 16.6. The SMILES string of the molecule is C1CC2(C1)CCC2.C1CC2(C1)CCNC2.C1CC2(C1)CCNC2.C1CC2(C1)CNC2.CC(C)C.CC(C)C.CC(C)C.CC(C)C.CC(C)C.Cc1nc2ccccc2o1.Cc1nc2ccccc2o1.Cc1nc2ccccc2o1.Cc1nc2ccccc2o1.Cc1nc2ccccc2s1.c1ccccc1. The number of benzene rings is 6. The Hall–Kier alpha value is -7.03. The van der Waals surface area contributed by atoms with Crippen LogP contribution in [0.5, 0.6) is 0 Å². The van der Waals surface area contributed by atoms with E-state index in [9.17, 15) is 0 Å². The number of rotatable bonds is 0. The van der Waals surface area contributed by atoms with Gasteiger partial charge in [0.1, 0.15) is 22.1 Å². The van der Waals surface area contributed by atoms with E-state index in [0.717, 1.165) is 130 Å². The number of aromatic nitrogens is 5. The average Bonchev–Trinajstić information content (AvgIpc) is 1.23. The van der Waals surface area contributed by atoms with Gasteiger partial charge in [-0.2, -0.15) is 0 Å². The molecule has 4 spiro atoms. The summed E-state index contributed by atoms with van der Waals surface area (Å²) in [6.45, 7) is 49.7. The zero-order valence-electron chi connectivity index (χ0n) is 69.4.